The molecule has 0 aromatic rings. The van der Waals surface area contributed by atoms with Crippen molar-refractivity contribution in [3.63, 3.8) is 0 Å². The Morgan fingerprint density at radius 3 is 1.38 bits per heavy atom. The average molecular weight is 551 g/mol. The van der Waals surface area contributed by atoms with Crippen LogP contribution in [0.25, 0.3) is 0 Å². The van der Waals surface area contributed by atoms with Crippen LogP contribution < -0.4 is 10.9 Å². The summed E-state index contributed by atoms with van der Waals surface area (Å²) in [6, 6.07) is 0. The largest absolute Gasteiger partial charge is 0.466 e. The molecule has 1 heterocycles. The number of carbonyl (C=O) groups excluding carboxylic acids is 4. The Morgan fingerprint density at radius 1 is 0.564 bits per heavy atom. The molecule has 2 unspecified atom stereocenters. The maximum atomic E-state index is 12.0. The summed E-state index contributed by atoms with van der Waals surface area (Å²) in [5.41, 5.74) is 6.82. The molecular weight excluding hydrogens is 500 g/mol. The van der Waals surface area contributed by atoms with Crippen molar-refractivity contribution in [2.24, 2.45) is 22.0 Å². The number of nitrogens with one attached hydrogen (secondary N) is 2. The van der Waals surface area contributed by atoms with Crippen molar-refractivity contribution in [2.75, 3.05) is 13.2 Å². The van der Waals surface area contributed by atoms with Gasteiger partial charge in [-0.15, -0.1) is 0 Å². The number of ether oxygens (including phenoxy) is 2. The summed E-state index contributed by atoms with van der Waals surface area (Å²) >= 11 is 0. The van der Waals surface area contributed by atoms with E-state index in [0.717, 1.165) is 62.8 Å². The van der Waals surface area contributed by atoms with E-state index in [2.05, 4.69) is 34.9 Å². The Bertz CT molecular complexity index is 761. The predicted molar refractivity (Wildman–Crippen MR) is 152 cm³/mol. The quantitative estimate of drug-likeness (QED) is 0.398. The zero-order chi connectivity index (χ0) is 28.9. The number of hydrogen-bond acceptors (Lipinski definition) is 8. The Kier molecular flexibility index (Phi) is 18.5. The molecule has 2 atom stereocenters. The van der Waals surface area contributed by atoms with Crippen LogP contribution in [0.1, 0.15) is 124 Å². The van der Waals surface area contributed by atoms with Crippen molar-refractivity contribution in [1.29, 1.82) is 0 Å². The van der Waals surface area contributed by atoms with Gasteiger partial charge in [0.1, 0.15) is 0 Å². The number of cyclic esters (lactones) is 2. The van der Waals surface area contributed by atoms with Gasteiger partial charge >= 0.3 is 11.9 Å². The van der Waals surface area contributed by atoms with Gasteiger partial charge < -0.3 is 9.47 Å². The molecule has 0 spiro atoms. The van der Waals surface area contributed by atoms with Crippen LogP contribution >= 0.6 is 0 Å². The highest BCUT2D eigenvalue weighted by molar-refractivity contribution is 5.85. The lowest BCUT2D eigenvalue weighted by Crippen LogP contribution is -2.21. The number of hydrazone groups is 2. The molecule has 2 amide bonds. The fourth-order valence-electron chi connectivity index (χ4n) is 4.08. The standard InChI is InChI=1S/C29H50N4O6/c1-22-10-7-12-24(3)30-32-26(34)14-9-15-27(35)33-31-25(4)13-8-11-23(2)19-21-39-29(37)17-6-5-16-28(36)38-20-18-22/h22-23H,5-21H2,1-4H3,(H,32,34)(H,33,35)/b30-24-,31-25-. The average Bonchev–Trinajstić information content (AvgIpc) is 2.88. The number of esters is 2. The van der Waals surface area contributed by atoms with Crippen LogP contribution in [-0.4, -0.2) is 48.4 Å². The fraction of sp³-hybridized carbons (Fsp3) is 0.793. The maximum Gasteiger partial charge on any atom is 0.305 e. The van der Waals surface area contributed by atoms with Crippen molar-refractivity contribution in [2.45, 2.75) is 124 Å². The van der Waals surface area contributed by atoms with Gasteiger partial charge in [-0.05, 0) is 83.5 Å². The van der Waals surface area contributed by atoms with Gasteiger partial charge in [-0.2, -0.15) is 10.2 Å². The molecule has 1 rings (SSSR count). The molecule has 222 valence electrons. The molecule has 1 aliphatic heterocycles. The van der Waals surface area contributed by atoms with Crippen LogP contribution in [0.3, 0.4) is 0 Å². The Balaban J connectivity index is 2.53. The Morgan fingerprint density at radius 2 is 0.974 bits per heavy atom. The molecule has 39 heavy (non-hydrogen) atoms. The molecule has 0 bridgehead atoms. The van der Waals surface area contributed by atoms with E-state index in [1.54, 1.807) is 0 Å². The molecule has 10 heteroatoms. The first kappa shape index (κ1) is 34.2. The first-order chi connectivity index (χ1) is 18.7. The highest BCUT2D eigenvalue weighted by Gasteiger charge is 2.10. The Labute approximate surface area is 234 Å². The van der Waals surface area contributed by atoms with Crippen LogP contribution in [-0.2, 0) is 28.7 Å². The lowest BCUT2D eigenvalue weighted by Gasteiger charge is -2.12. The summed E-state index contributed by atoms with van der Waals surface area (Å²) in [4.78, 5) is 48.0. The highest BCUT2D eigenvalue weighted by atomic mass is 16.5. The minimum atomic E-state index is -0.223. The van der Waals surface area contributed by atoms with Crippen molar-refractivity contribution in [3.8, 4) is 0 Å². The summed E-state index contributed by atoms with van der Waals surface area (Å²) in [6.45, 7) is 8.81. The lowest BCUT2D eigenvalue weighted by atomic mass is 10.00. The van der Waals surface area contributed by atoms with E-state index in [-0.39, 0.29) is 36.6 Å². The van der Waals surface area contributed by atoms with Crippen molar-refractivity contribution >= 4 is 35.2 Å². The monoisotopic (exact) mass is 550 g/mol. The van der Waals surface area contributed by atoms with E-state index in [4.69, 9.17) is 9.47 Å². The van der Waals surface area contributed by atoms with Crippen molar-refractivity contribution in [1.82, 2.24) is 10.9 Å². The zero-order valence-corrected chi connectivity index (χ0v) is 24.5. The summed E-state index contributed by atoms with van der Waals surface area (Å²) in [6.07, 6.45) is 9.61. The minimum absolute atomic E-state index is 0.212. The van der Waals surface area contributed by atoms with E-state index < -0.39 is 0 Å². The lowest BCUT2D eigenvalue weighted by molar-refractivity contribution is -0.146. The van der Waals surface area contributed by atoms with E-state index in [1.807, 2.05) is 13.8 Å². The van der Waals surface area contributed by atoms with Gasteiger partial charge in [-0.3, -0.25) is 19.2 Å². The molecule has 1 aliphatic rings. The zero-order valence-electron chi connectivity index (χ0n) is 24.5. The van der Waals surface area contributed by atoms with Gasteiger partial charge in [-0.1, -0.05) is 26.7 Å². The smallest absolute Gasteiger partial charge is 0.305 e. The van der Waals surface area contributed by atoms with Crippen LogP contribution in [0.5, 0.6) is 0 Å². The molecule has 0 aromatic heterocycles. The summed E-state index contributed by atoms with van der Waals surface area (Å²) in [7, 11) is 0. The molecule has 0 saturated carbocycles. The second kappa shape index (κ2) is 21.1. The Hall–Kier alpha value is -2.78. The van der Waals surface area contributed by atoms with E-state index in [0.29, 0.717) is 57.2 Å². The number of nitrogens with zero attached hydrogens (tertiary/aromatic N) is 2. The third-order valence-corrected chi connectivity index (χ3v) is 6.78. The van der Waals surface area contributed by atoms with Gasteiger partial charge in [0.15, 0.2) is 0 Å². The first-order valence-electron chi connectivity index (χ1n) is 14.6. The second-order valence-corrected chi connectivity index (χ2v) is 10.8. The molecule has 0 aromatic carbocycles. The van der Waals surface area contributed by atoms with Crippen LogP contribution in [0.2, 0.25) is 0 Å². The van der Waals surface area contributed by atoms with Gasteiger partial charge in [0, 0.05) is 37.1 Å². The normalized spacial score (nSPS) is 27.2. The molecular formula is C29H50N4O6. The topological polar surface area (TPSA) is 136 Å². The van der Waals surface area contributed by atoms with Crippen LogP contribution in [0.15, 0.2) is 10.2 Å². The maximum absolute atomic E-state index is 12.0. The van der Waals surface area contributed by atoms with Crippen LogP contribution in [0, 0.1) is 11.8 Å². The summed E-state index contributed by atoms with van der Waals surface area (Å²) in [5, 5.41) is 8.31. The van der Waals surface area contributed by atoms with E-state index >= 15 is 0 Å². The predicted octanol–water partition coefficient (Wildman–Crippen LogP) is 5.19. The third-order valence-electron chi connectivity index (χ3n) is 6.78. The van der Waals surface area contributed by atoms with Gasteiger partial charge in [-0.25, -0.2) is 10.9 Å². The van der Waals surface area contributed by atoms with Crippen molar-refractivity contribution in [3.05, 3.63) is 0 Å². The summed E-state index contributed by atoms with van der Waals surface area (Å²) in [5.74, 6) is -0.0616. The summed E-state index contributed by atoms with van der Waals surface area (Å²) < 4.78 is 10.7. The molecule has 0 fully saturated rings. The molecule has 10 nitrogen and oxygen atoms in total. The van der Waals surface area contributed by atoms with Gasteiger partial charge in [0.05, 0.1) is 13.2 Å². The molecule has 0 radical (unpaired) electrons. The number of hydrogen-bond donors (Lipinski definition) is 2. The van der Waals surface area contributed by atoms with Crippen LogP contribution in [0.4, 0.5) is 0 Å². The number of carbonyl (C=O) groups is 4. The SMILES string of the molecule is C/C1=N/NC(=O)CCCC(=O)N/N=C(/C)CCCC(C)CCOC(=O)CCCCC(=O)OCCC(C)CCC1. The number of rotatable bonds is 0. The molecule has 0 saturated heterocycles. The van der Waals surface area contributed by atoms with Crippen molar-refractivity contribution < 1.29 is 28.7 Å². The van der Waals surface area contributed by atoms with Gasteiger partial charge in [0.25, 0.3) is 0 Å². The van der Waals surface area contributed by atoms with E-state index in [1.165, 1.54) is 0 Å². The second-order valence-electron chi connectivity index (χ2n) is 10.8. The minimum Gasteiger partial charge on any atom is -0.466 e. The highest BCUT2D eigenvalue weighted by Crippen LogP contribution is 2.14. The third kappa shape index (κ3) is 19.9. The number of amides is 2. The van der Waals surface area contributed by atoms with E-state index in [9.17, 15) is 19.2 Å². The van der Waals surface area contributed by atoms with Gasteiger partial charge in [0.2, 0.25) is 11.8 Å². The first-order valence-corrected chi connectivity index (χ1v) is 14.6. The fourth-order valence-corrected chi connectivity index (χ4v) is 4.08. The molecule has 2 N–H and O–H groups in total. The molecule has 0 aliphatic carbocycles.